The highest BCUT2D eigenvalue weighted by Gasteiger charge is 2.37. The first-order valence-corrected chi connectivity index (χ1v) is 13.8. The molecule has 41 heavy (non-hydrogen) atoms. The number of anilines is 1. The number of nitrogens with one attached hydrogen (secondary N) is 1. The van der Waals surface area contributed by atoms with Crippen LogP contribution in [0.25, 0.3) is 16.8 Å². The van der Waals surface area contributed by atoms with Gasteiger partial charge in [0.05, 0.1) is 17.3 Å². The van der Waals surface area contributed by atoms with Gasteiger partial charge in [-0.15, -0.1) is 0 Å². The molecule has 0 atom stereocenters. The van der Waals surface area contributed by atoms with Gasteiger partial charge in [0.2, 0.25) is 0 Å². The van der Waals surface area contributed by atoms with Crippen LogP contribution in [0.1, 0.15) is 36.1 Å². The van der Waals surface area contributed by atoms with E-state index < -0.39 is 17.8 Å². The van der Waals surface area contributed by atoms with Gasteiger partial charge in [-0.25, -0.2) is 9.69 Å². The zero-order valence-electron chi connectivity index (χ0n) is 23.0. The molecule has 1 aliphatic rings. The van der Waals surface area contributed by atoms with Crippen LogP contribution >= 0.6 is 11.6 Å². The van der Waals surface area contributed by atoms with E-state index in [1.54, 1.807) is 24.3 Å². The summed E-state index contributed by atoms with van der Waals surface area (Å²) in [7, 11) is 0. The van der Waals surface area contributed by atoms with Crippen molar-refractivity contribution in [2.24, 2.45) is 0 Å². The van der Waals surface area contributed by atoms with E-state index in [1.807, 2.05) is 45.0 Å². The molecular formula is C33H29ClN2O5. The third-order valence-electron chi connectivity index (χ3n) is 6.99. The molecule has 0 spiro atoms. The Bertz CT molecular complexity index is 1710. The number of halogens is 1. The minimum absolute atomic E-state index is 0.200. The van der Waals surface area contributed by atoms with Crippen LogP contribution < -0.4 is 19.7 Å². The fourth-order valence-corrected chi connectivity index (χ4v) is 5.20. The minimum atomic E-state index is -0.793. The van der Waals surface area contributed by atoms with Gasteiger partial charge in [0.25, 0.3) is 11.8 Å². The van der Waals surface area contributed by atoms with Gasteiger partial charge in [0, 0.05) is 5.56 Å². The number of hydrogen-bond acceptors (Lipinski definition) is 5. The lowest BCUT2D eigenvalue weighted by molar-refractivity contribution is -0.122. The number of ether oxygens (including phenoxy) is 2. The van der Waals surface area contributed by atoms with Crippen molar-refractivity contribution in [3.05, 3.63) is 106 Å². The van der Waals surface area contributed by atoms with Crippen LogP contribution in [-0.4, -0.2) is 24.5 Å². The van der Waals surface area contributed by atoms with E-state index in [0.717, 1.165) is 32.4 Å². The number of rotatable bonds is 8. The predicted molar refractivity (Wildman–Crippen MR) is 160 cm³/mol. The largest absolute Gasteiger partial charge is 0.490 e. The number of para-hydroxylation sites is 1. The third-order valence-corrected chi connectivity index (χ3v) is 7.27. The summed E-state index contributed by atoms with van der Waals surface area (Å²) < 4.78 is 12.1. The monoisotopic (exact) mass is 568 g/mol. The van der Waals surface area contributed by atoms with Crippen molar-refractivity contribution in [1.29, 1.82) is 0 Å². The summed E-state index contributed by atoms with van der Waals surface area (Å²) in [5.41, 5.74) is 3.60. The van der Waals surface area contributed by atoms with E-state index in [-0.39, 0.29) is 17.2 Å². The Morgan fingerprint density at radius 3 is 2.46 bits per heavy atom. The molecule has 1 heterocycles. The number of carbonyl (C=O) groups excluding carboxylic acids is 3. The number of barbiturate groups is 1. The lowest BCUT2D eigenvalue weighted by atomic mass is 10.0. The highest BCUT2D eigenvalue weighted by molar-refractivity contribution is 6.39. The summed E-state index contributed by atoms with van der Waals surface area (Å²) in [5.74, 6) is -0.777. The minimum Gasteiger partial charge on any atom is -0.490 e. The van der Waals surface area contributed by atoms with Crippen molar-refractivity contribution in [1.82, 2.24) is 5.32 Å². The van der Waals surface area contributed by atoms with Gasteiger partial charge in [0.1, 0.15) is 12.2 Å². The molecule has 1 saturated heterocycles. The van der Waals surface area contributed by atoms with Gasteiger partial charge in [-0.3, -0.25) is 14.9 Å². The smallest absolute Gasteiger partial charge is 0.335 e. The van der Waals surface area contributed by atoms with Crippen LogP contribution in [0.15, 0.2) is 78.4 Å². The SMILES string of the molecule is CCOc1cc(/C=C2/C(=O)NC(=O)N(c3ccccc3CC)C2=O)cc(Cl)c1OCc1c(C)ccc2ccccc12. The van der Waals surface area contributed by atoms with Crippen molar-refractivity contribution in [3.63, 3.8) is 0 Å². The highest BCUT2D eigenvalue weighted by atomic mass is 35.5. The molecule has 5 rings (SSSR count). The Kier molecular flexibility index (Phi) is 8.08. The van der Waals surface area contributed by atoms with Crippen molar-refractivity contribution in [2.45, 2.75) is 33.8 Å². The number of benzene rings is 4. The van der Waals surface area contributed by atoms with E-state index in [9.17, 15) is 14.4 Å². The van der Waals surface area contributed by atoms with Crippen molar-refractivity contribution in [2.75, 3.05) is 11.5 Å². The van der Waals surface area contributed by atoms with E-state index in [4.69, 9.17) is 21.1 Å². The molecule has 4 aromatic rings. The predicted octanol–water partition coefficient (Wildman–Crippen LogP) is 7.01. The lowest BCUT2D eigenvalue weighted by Crippen LogP contribution is -2.54. The molecule has 4 amide bonds. The standard InChI is InChI=1S/C33H29ClN2O5/c1-4-22-10-7-9-13-28(22)36-32(38)25(31(37)35-33(36)39)16-21-17-27(34)30(29(18-21)40-5-2)41-19-26-20(3)14-15-23-11-6-8-12-24(23)26/h6-18H,4-5,19H2,1-3H3,(H,35,37,39)/b25-16-. The molecular weight excluding hydrogens is 540 g/mol. The van der Waals surface area contributed by atoms with Crippen molar-refractivity contribution in [3.8, 4) is 11.5 Å². The molecule has 208 valence electrons. The zero-order valence-corrected chi connectivity index (χ0v) is 23.7. The molecule has 0 radical (unpaired) electrons. The van der Waals surface area contributed by atoms with E-state index in [1.165, 1.54) is 6.08 Å². The Labute approximate surface area is 243 Å². The first-order chi connectivity index (χ1) is 19.8. The summed E-state index contributed by atoms with van der Waals surface area (Å²) in [5, 5.41) is 4.73. The van der Waals surface area contributed by atoms with Crippen LogP contribution in [0.4, 0.5) is 10.5 Å². The van der Waals surface area contributed by atoms with E-state index in [2.05, 4.69) is 29.6 Å². The highest BCUT2D eigenvalue weighted by Crippen LogP contribution is 2.39. The second-order valence-corrected chi connectivity index (χ2v) is 9.98. The zero-order chi connectivity index (χ0) is 29.1. The van der Waals surface area contributed by atoms with Gasteiger partial charge < -0.3 is 9.47 Å². The van der Waals surface area contributed by atoms with Crippen molar-refractivity contribution >= 4 is 52.0 Å². The van der Waals surface area contributed by atoms with Crippen LogP contribution in [0.5, 0.6) is 11.5 Å². The summed E-state index contributed by atoms with van der Waals surface area (Å²) in [6.45, 7) is 6.41. The number of aryl methyl sites for hydroxylation is 2. The fraction of sp³-hybridized carbons (Fsp3) is 0.182. The van der Waals surface area contributed by atoms with Crippen LogP contribution in [0.2, 0.25) is 5.02 Å². The average molecular weight is 569 g/mol. The van der Waals surface area contributed by atoms with Gasteiger partial charge >= 0.3 is 6.03 Å². The van der Waals surface area contributed by atoms with Crippen LogP contribution in [0.3, 0.4) is 0 Å². The number of nitrogens with zero attached hydrogens (tertiary/aromatic N) is 1. The number of fused-ring (bicyclic) bond motifs is 1. The third kappa shape index (κ3) is 5.54. The van der Waals surface area contributed by atoms with Gasteiger partial charge in [0.15, 0.2) is 11.5 Å². The number of urea groups is 1. The van der Waals surface area contributed by atoms with E-state index >= 15 is 0 Å². The summed E-state index contributed by atoms with van der Waals surface area (Å²) in [6, 6.07) is 21.8. The second-order valence-electron chi connectivity index (χ2n) is 9.57. The van der Waals surface area contributed by atoms with Gasteiger partial charge in [-0.2, -0.15) is 0 Å². The molecule has 7 nitrogen and oxygen atoms in total. The molecule has 1 fully saturated rings. The molecule has 0 unspecified atom stereocenters. The van der Waals surface area contributed by atoms with E-state index in [0.29, 0.717) is 35.8 Å². The van der Waals surface area contributed by atoms with Crippen molar-refractivity contribution < 1.29 is 23.9 Å². The molecule has 1 N–H and O–H groups in total. The molecule has 0 bridgehead atoms. The quantitative estimate of drug-likeness (QED) is 0.183. The Morgan fingerprint density at radius 1 is 0.927 bits per heavy atom. The maximum Gasteiger partial charge on any atom is 0.335 e. The normalized spacial score (nSPS) is 14.5. The van der Waals surface area contributed by atoms with Gasteiger partial charge in [-0.1, -0.05) is 73.1 Å². The topological polar surface area (TPSA) is 84.9 Å². The Balaban J connectivity index is 1.49. The average Bonchev–Trinajstić information content (AvgIpc) is 2.96. The molecule has 8 heteroatoms. The number of carbonyl (C=O) groups is 3. The number of amides is 4. The number of hydrogen-bond donors (Lipinski definition) is 1. The summed E-state index contributed by atoms with van der Waals surface area (Å²) in [4.78, 5) is 39.9. The first-order valence-electron chi connectivity index (χ1n) is 13.4. The Morgan fingerprint density at radius 2 is 1.68 bits per heavy atom. The molecule has 4 aromatic carbocycles. The molecule has 0 saturated carbocycles. The second kappa shape index (κ2) is 11.9. The summed E-state index contributed by atoms with van der Waals surface area (Å²) in [6.07, 6.45) is 2.01. The maximum atomic E-state index is 13.5. The number of imide groups is 2. The maximum absolute atomic E-state index is 13.5. The molecule has 1 aliphatic heterocycles. The molecule has 0 aromatic heterocycles. The fourth-order valence-electron chi connectivity index (χ4n) is 4.93. The summed E-state index contributed by atoms with van der Waals surface area (Å²) >= 11 is 6.69. The molecule has 0 aliphatic carbocycles. The van der Waals surface area contributed by atoms with Gasteiger partial charge in [-0.05, 0) is 72.0 Å². The Hall–Kier alpha value is -4.62. The first kappa shape index (κ1) is 27.9. The van der Waals surface area contributed by atoms with Crippen LogP contribution in [0, 0.1) is 6.92 Å². The van der Waals surface area contributed by atoms with Crippen LogP contribution in [-0.2, 0) is 22.6 Å². The lowest BCUT2D eigenvalue weighted by Gasteiger charge is -2.28.